The molecule has 0 aliphatic carbocycles. The Bertz CT molecular complexity index is 1410. The van der Waals surface area contributed by atoms with Crippen molar-refractivity contribution in [1.29, 1.82) is 0 Å². The Hall–Kier alpha value is -3.37. The van der Waals surface area contributed by atoms with Crippen molar-refractivity contribution in [2.45, 2.75) is 11.8 Å². The molecule has 10 heteroatoms. The molecule has 4 aromatic rings. The highest BCUT2D eigenvalue weighted by Gasteiger charge is 2.23. The molecular formula is C23H21BrN4O4S. The molecule has 2 N–H and O–H groups in total. The summed E-state index contributed by atoms with van der Waals surface area (Å²) in [6.07, 6.45) is 0. The molecule has 0 saturated heterocycles. The van der Waals surface area contributed by atoms with Crippen molar-refractivity contribution < 1.29 is 17.9 Å². The Balaban J connectivity index is 1.79. The smallest absolute Gasteiger partial charge is 0.266 e. The summed E-state index contributed by atoms with van der Waals surface area (Å²) >= 11 is 3.33. The summed E-state index contributed by atoms with van der Waals surface area (Å²) in [4.78, 5) is 9.11. The van der Waals surface area contributed by atoms with E-state index < -0.39 is 10.0 Å². The van der Waals surface area contributed by atoms with E-state index in [1.807, 2.05) is 30.3 Å². The lowest BCUT2D eigenvalue weighted by molar-refractivity contribution is 0.331. The van der Waals surface area contributed by atoms with E-state index in [4.69, 9.17) is 9.47 Å². The molecule has 0 bridgehead atoms. The topological polar surface area (TPSA) is 102 Å². The minimum Gasteiger partial charge on any atom is -0.497 e. The van der Waals surface area contributed by atoms with Crippen LogP contribution in [0.15, 0.2) is 76.1 Å². The first-order valence-electron chi connectivity index (χ1n) is 10.0. The summed E-state index contributed by atoms with van der Waals surface area (Å²) in [5, 5.41) is 3.14. The molecule has 0 radical (unpaired) electrons. The summed E-state index contributed by atoms with van der Waals surface area (Å²) in [6.45, 7) is 2.11. The highest BCUT2D eigenvalue weighted by atomic mass is 79.9. The zero-order valence-electron chi connectivity index (χ0n) is 17.9. The van der Waals surface area contributed by atoms with Crippen molar-refractivity contribution in [2.75, 3.05) is 23.8 Å². The number of nitrogens with one attached hydrogen (secondary N) is 2. The van der Waals surface area contributed by atoms with Gasteiger partial charge in [-0.05, 0) is 49.4 Å². The van der Waals surface area contributed by atoms with Crippen molar-refractivity contribution in [1.82, 2.24) is 9.97 Å². The molecule has 3 aromatic carbocycles. The van der Waals surface area contributed by atoms with Crippen molar-refractivity contribution >= 4 is 54.3 Å². The van der Waals surface area contributed by atoms with Gasteiger partial charge in [0.15, 0.2) is 11.6 Å². The van der Waals surface area contributed by atoms with Gasteiger partial charge in [0.05, 0.1) is 24.8 Å². The quantitative estimate of drug-likeness (QED) is 0.318. The van der Waals surface area contributed by atoms with E-state index in [1.54, 1.807) is 44.4 Å². The Morgan fingerprint density at radius 1 is 0.939 bits per heavy atom. The van der Waals surface area contributed by atoms with E-state index in [2.05, 4.69) is 35.9 Å². The molecule has 0 fully saturated rings. The average Bonchev–Trinajstić information content (AvgIpc) is 2.80. The first kappa shape index (κ1) is 22.8. The van der Waals surface area contributed by atoms with Crippen molar-refractivity contribution in [3.05, 3.63) is 71.2 Å². The molecule has 4 rings (SSSR count). The molecule has 33 heavy (non-hydrogen) atoms. The number of aromatic nitrogens is 2. The molecule has 1 aromatic heterocycles. The van der Waals surface area contributed by atoms with Gasteiger partial charge in [-0.3, -0.25) is 4.72 Å². The van der Waals surface area contributed by atoms with Crippen LogP contribution in [0.2, 0.25) is 0 Å². The number of hydrogen-bond acceptors (Lipinski definition) is 7. The lowest BCUT2D eigenvalue weighted by Crippen LogP contribution is -2.17. The van der Waals surface area contributed by atoms with E-state index in [0.717, 1.165) is 0 Å². The molecule has 1 heterocycles. The number of methoxy groups -OCH3 is 1. The number of nitrogens with zero attached hydrogens (tertiary/aromatic N) is 2. The zero-order chi connectivity index (χ0) is 23.4. The fourth-order valence-electron chi connectivity index (χ4n) is 3.14. The van der Waals surface area contributed by atoms with E-state index in [9.17, 15) is 8.42 Å². The van der Waals surface area contributed by atoms with Gasteiger partial charge in [0.25, 0.3) is 10.0 Å². The second-order valence-electron chi connectivity index (χ2n) is 6.90. The Morgan fingerprint density at radius 3 is 2.36 bits per heavy atom. The highest BCUT2D eigenvalue weighted by molar-refractivity contribution is 9.10. The Kier molecular flexibility index (Phi) is 6.66. The van der Waals surface area contributed by atoms with Crippen LogP contribution < -0.4 is 19.5 Å². The van der Waals surface area contributed by atoms with Crippen LogP contribution >= 0.6 is 15.9 Å². The fourth-order valence-corrected chi connectivity index (χ4v) is 4.84. The second kappa shape index (κ2) is 9.63. The summed E-state index contributed by atoms with van der Waals surface area (Å²) < 4.78 is 40.7. The largest absolute Gasteiger partial charge is 0.497 e. The minimum absolute atomic E-state index is 0.0130. The van der Waals surface area contributed by atoms with Crippen LogP contribution in [-0.4, -0.2) is 32.1 Å². The summed E-state index contributed by atoms with van der Waals surface area (Å²) in [5.41, 5.74) is 1.82. The van der Waals surface area contributed by atoms with Crippen molar-refractivity contribution in [3.8, 4) is 11.5 Å². The fraction of sp³-hybridized carbons (Fsp3) is 0.130. The number of benzene rings is 3. The van der Waals surface area contributed by atoms with E-state index >= 15 is 0 Å². The second-order valence-corrected chi connectivity index (χ2v) is 9.46. The minimum atomic E-state index is -4.06. The number of rotatable bonds is 8. The molecule has 0 atom stereocenters. The summed E-state index contributed by atoms with van der Waals surface area (Å²) in [5.74, 6) is 1.19. The SMILES string of the molecule is CCOc1ccc(Br)cc1S(=O)(=O)Nc1nc2ccccc2nc1Nc1cccc(OC)c1. The van der Waals surface area contributed by atoms with E-state index in [1.165, 1.54) is 6.07 Å². The lowest BCUT2D eigenvalue weighted by Gasteiger charge is -2.16. The van der Waals surface area contributed by atoms with Crippen LogP contribution in [0.4, 0.5) is 17.3 Å². The molecule has 0 aliphatic rings. The third-order valence-electron chi connectivity index (χ3n) is 4.63. The van der Waals surface area contributed by atoms with E-state index in [0.29, 0.717) is 33.5 Å². The standard InChI is InChI=1S/C23H21BrN4O4S/c1-3-32-20-12-11-15(24)13-21(20)33(29,30)28-23-22(25-16-7-6-8-17(14-16)31-2)26-18-9-4-5-10-19(18)27-23/h4-14H,3H2,1-2H3,(H,25,26)(H,27,28). The third kappa shape index (κ3) is 5.18. The van der Waals surface area contributed by atoms with Crippen LogP contribution in [0.25, 0.3) is 11.0 Å². The van der Waals surface area contributed by atoms with Gasteiger partial charge in [-0.1, -0.05) is 34.1 Å². The molecule has 8 nitrogen and oxygen atoms in total. The first-order chi connectivity index (χ1) is 15.9. The van der Waals surface area contributed by atoms with Crippen molar-refractivity contribution in [2.24, 2.45) is 0 Å². The van der Waals surface area contributed by atoms with Crippen LogP contribution in [-0.2, 0) is 10.0 Å². The Labute approximate surface area is 200 Å². The molecule has 0 saturated carbocycles. The van der Waals surface area contributed by atoms with Crippen LogP contribution in [0.3, 0.4) is 0 Å². The molecule has 0 unspecified atom stereocenters. The molecule has 0 spiro atoms. The first-order valence-corrected chi connectivity index (χ1v) is 12.3. The normalized spacial score (nSPS) is 11.2. The molecule has 170 valence electrons. The molecule has 0 aliphatic heterocycles. The van der Waals surface area contributed by atoms with E-state index in [-0.39, 0.29) is 22.3 Å². The zero-order valence-corrected chi connectivity index (χ0v) is 20.3. The maximum absolute atomic E-state index is 13.4. The van der Waals surface area contributed by atoms with Crippen LogP contribution in [0.1, 0.15) is 6.92 Å². The summed E-state index contributed by atoms with van der Waals surface area (Å²) in [7, 11) is -2.49. The number of para-hydroxylation sites is 2. The van der Waals surface area contributed by atoms with Gasteiger partial charge in [-0.15, -0.1) is 0 Å². The highest BCUT2D eigenvalue weighted by Crippen LogP contribution is 2.32. The lowest BCUT2D eigenvalue weighted by atomic mass is 10.3. The number of hydrogen-bond donors (Lipinski definition) is 2. The third-order valence-corrected chi connectivity index (χ3v) is 6.48. The van der Waals surface area contributed by atoms with Gasteiger partial charge in [0.1, 0.15) is 16.4 Å². The van der Waals surface area contributed by atoms with Gasteiger partial charge >= 0.3 is 0 Å². The maximum atomic E-state index is 13.4. The van der Waals surface area contributed by atoms with Crippen LogP contribution in [0, 0.1) is 0 Å². The number of fused-ring (bicyclic) bond motifs is 1. The average molecular weight is 529 g/mol. The van der Waals surface area contributed by atoms with Gasteiger partial charge in [-0.2, -0.15) is 0 Å². The van der Waals surface area contributed by atoms with Crippen molar-refractivity contribution in [3.63, 3.8) is 0 Å². The monoisotopic (exact) mass is 528 g/mol. The maximum Gasteiger partial charge on any atom is 0.266 e. The number of ether oxygens (including phenoxy) is 2. The molecular weight excluding hydrogens is 508 g/mol. The predicted molar refractivity (Wildman–Crippen MR) is 132 cm³/mol. The predicted octanol–water partition coefficient (Wildman–Crippen LogP) is 5.34. The van der Waals surface area contributed by atoms with Gasteiger partial charge in [0, 0.05) is 16.2 Å². The summed E-state index contributed by atoms with van der Waals surface area (Å²) in [6, 6.07) is 19.2. The van der Waals surface area contributed by atoms with Gasteiger partial charge < -0.3 is 14.8 Å². The van der Waals surface area contributed by atoms with Gasteiger partial charge in [0.2, 0.25) is 0 Å². The number of anilines is 3. The Morgan fingerprint density at radius 2 is 1.67 bits per heavy atom. The van der Waals surface area contributed by atoms with Gasteiger partial charge in [-0.25, -0.2) is 18.4 Å². The number of halogens is 1. The molecule has 0 amide bonds. The number of sulfonamides is 1. The van der Waals surface area contributed by atoms with Crippen LogP contribution in [0.5, 0.6) is 11.5 Å².